The normalized spacial score (nSPS) is 21.0. The molecule has 0 aromatic heterocycles. The van der Waals surface area contributed by atoms with Crippen LogP contribution >= 0.6 is 0 Å². The Labute approximate surface area is 270 Å². The molecule has 2 N–H and O–H groups in total. The summed E-state index contributed by atoms with van der Waals surface area (Å²) in [6.07, 6.45) is 12.1. The van der Waals surface area contributed by atoms with Crippen molar-refractivity contribution < 1.29 is 14.3 Å². The van der Waals surface area contributed by atoms with Crippen LogP contribution in [0.1, 0.15) is 82.3 Å². The van der Waals surface area contributed by atoms with Gasteiger partial charge in [0.05, 0.1) is 12.7 Å². The molecule has 2 unspecified atom stereocenters. The number of rotatable bonds is 16. The highest BCUT2D eigenvalue weighted by Crippen LogP contribution is 2.38. The van der Waals surface area contributed by atoms with Crippen LogP contribution in [0.15, 0.2) is 39.9 Å². The van der Waals surface area contributed by atoms with Crippen LogP contribution in [-0.4, -0.2) is 53.1 Å². The Morgan fingerprint density at radius 3 is 2.40 bits per heavy atom. The lowest BCUT2D eigenvalue weighted by molar-refractivity contribution is 0.00303. The number of piperidine rings is 1. The highest BCUT2D eigenvalue weighted by molar-refractivity contribution is 6.76. The highest BCUT2D eigenvalue weighted by atomic mass is 28.3. The number of amides is 1. The van der Waals surface area contributed by atoms with Crippen LogP contribution in [0.5, 0.6) is 0 Å². The molecule has 3 aliphatic rings. The van der Waals surface area contributed by atoms with Gasteiger partial charge in [0.25, 0.3) is 10.9 Å². The minimum atomic E-state index is -1.30. The molecule has 1 aliphatic heterocycles. The highest BCUT2D eigenvalue weighted by Gasteiger charge is 2.35. The fourth-order valence-corrected chi connectivity index (χ4v) is 7.84. The third-order valence-electron chi connectivity index (χ3n) is 10.0. The third kappa shape index (κ3) is 9.92. The molecule has 0 radical (unpaired) electrons. The maximum atomic E-state index is 13.1. The predicted molar refractivity (Wildman–Crippen MR) is 185 cm³/mol. The van der Waals surface area contributed by atoms with Crippen molar-refractivity contribution in [3.05, 3.63) is 56.3 Å². The smallest absolute Gasteiger partial charge is 0.407 e. The second-order valence-electron chi connectivity index (χ2n) is 15.1. The van der Waals surface area contributed by atoms with Crippen LogP contribution in [-0.2, 0) is 9.47 Å². The van der Waals surface area contributed by atoms with Gasteiger partial charge in [-0.2, -0.15) is 0 Å². The van der Waals surface area contributed by atoms with Gasteiger partial charge in [0.2, 0.25) is 0 Å². The number of carbonyl (C=O) groups is 1. The fourth-order valence-electron chi connectivity index (χ4n) is 7.12. The summed E-state index contributed by atoms with van der Waals surface area (Å²) in [5.41, 5.74) is 1.26. The van der Waals surface area contributed by atoms with Crippen molar-refractivity contribution >= 4 is 25.5 Å². The fraction of sp³-hybridized carbons (Fsp3) is 0.694. The van der Waals surface area contributed by atoms with Gasteiger partial charge >= 0.3 is 6.09 Å². The van der Waals surface area contributed by atoms with E-state index in [0.717, 1.165) is 63.6 Å². The maximum Gasteiger partial charge on any atom is 0.407 e. The minimum Gasteiger partial charge on any atom is -0.450 e. The Morgan fingerprint density at radius 2 is 1.69 bits per heavy atom. The monoisotopic (exact) mass is 637 g/mol. The number of benzene rings is 1. The number of nitrogens with zero attached hydrogens (tertiary/aromatic N) is 1. The molecule has 2 saturated carbocycles. The average molecular weight is 638 g/mol. The molecule has 9 heteroatoms. The molecule has 2 aromatic carbocycles. The first-order valence-corrected chi connectivity index (χ1v) is 21.3. The van der Waals surface area contributed by atoms with E-state index in [0.29, 0.717) is 37.0 Å². The standard InChI is InChI=1S/C36H55N3O5Si/c1-45(2,3)22-21-44-36(42)37-24-30(23-27-11-6-4-7-12-27)38-31-32(34(41)33(31)40)39-19-10-15-29(25-39)35(28-13-8-5-9-14-28)43-20-18-26-16-17-26/h5,8-9,13-14,26-27,29-30,35,38H,4,6-7,10-12,15-25H2,1-3H3,(H,37,42)/t29?,30-,35?/m0/s1. The second-order valence-corrected chi connectivity index (χ2v) is 20.7. The summed E-state index contributed by atoms with van der Waals surface area (Å²) in [6.45, 7) is 9.73. The minimum absolute atomic E-state index is 0.0362. The van der Waals surface area contributed by atoms with E-state index in [4.69, 9.17) is 9.47 Å². The van der Waals surface area contributed by atoms with Crippen molar-refractivity contribution in [1.82, 2.24) is 5.32 Å². The number of hydrogen-bond acceptors (Lipinski definition) is 7. The van der Waals surface area contributed by atoms with Crippen LogP contribution in [0.25, 0.3) is 0 Å². The van der Waals surface area contributed by atoms with E-state index >= 15 is 0 Å². The van der Waals surface area contributed by atoms with E-state index < -0.39 is 25.0 Å². The zero-order chi connectivity index (χ0) is 31.8. The molecule has 0 bridgehead atoms. The molecule has 248 valence electrons. The lowest BCUT2D eigenvalue weighted by Crippen LogP contribution is -2.49. The summed E-state index contributed by atoms with van der Waals surface area (Å²) in [5.74, 6) is 1.57. The van der Waals surface area contributed by atoms with Crippen molar-refractivity contribution in [3.63, 3.8) is 0 Å². The number of ether oxygens (including phenoxy) is 2. The van der Waals surface area contributed by atoms with Crippen LogP contribution in [0.4, 0.5) is 16.2 Å². The number of hydrogen-bond donors (Lipinski definition) is 2. The molecule has 3 atom stereocenters. The van der Waals surface area contributed by atoms with Crippen molar-refractivity contribution in [2.24, 2.45) is 17.8 Å². The van der Waals surface area contributed by atoms with Gasteiger partial charge in [0.1, 0.15) is 11.4 Å². The summed E-state index contributed by atoms with van der Waals surface area (Å²) >= 11 is 0. The summed E-state index contributed by atoms with van der Waals surface area (Å²) in [4.78, 5) is 40.8. The van der Waals surface area contributed by atoms with E-state index in [-0.39, 0.29) is 18.1 Å². The second kappa shape index (κ2) is 15.8. The van der Waals surface area contributed by atoms with E-state index in [9.17, 15) is 14.4 Å². The zero-order valence-corrected chi connectivity index (χ0v) is 28.8. The van der Waals surface area contributed by atoms with Gasteiger partial charge in [-0.05, 0) is 49.1 Å². The predicted octanol–water partition coefficient (Wildman–Crippen LogP) is 6.87. The molecule has 45 heavy (non-hydrogen) atoms. The number of anilines is 2. The lowest BCUT2D eigenvalue weighted by Gasteiger charge is -2.39. The van der Waals surface area contributed by atoms with Crippen LogP contribution in [0, 0.1) is 17.8 Å². The van der Waals surface area contributed by atoms with Gasteiger partial charge in [-0.1, -0.05) is 94.9 Å². The quantitative estimate of drug-likeness (QED) is 0.153. The van der Waals surface area contributed by atoms with Crippen molar-refractivity contribution in [3.8, 4) is 0 Å². The summed E-state index contributed by atoms with van der Waals surface area (Å²) in [5, 5.41) is 6.41. The van der Waals surface area contributed by atoms with Crippen LogP contribution in [0.3, 0.4) is 0 Å². The Bertz CT molecular complexity index is 1290. The molecule has 1 amide bonds. The van der Waals surface area contributed by atoms with Crippen molar-refractivity contribution in [2.45, 2.75) is 108 Å². The molecule has 8 nitrogen and oxygen atoms in total. The molecule has 1 heterocycles. The molecular weight excluding hydrogens is 582 g/mol. The SMILES string of the molecule is C[Si](C)(C)CCOC(=O)NC[C@H](CC1CCCCC1)Nc1c(N2CCCC(C(OCCC3CC3)c3ccccc3)C2)c(=O)c1=O. The number of carbonyl (C=O) groups excluding carboxylic acids is 1. The van der Waals surface area contributed by atoms with E-state index in [1.807, 2.05) is 6.07 Å². The van der Waals surface area contributed by atoms with E-state index in [1.165, 1.54) is 37.7 Å². The maximum absolute atomic E-state index is 13.1. The first-order valence-electron chi connectivity index (χ1n) is 17.6. The molecule has 0 spiro atoms. The average Bonchev–Trinajstić information content (AvgIpc) is 3.86. The van der Waals surface area contributed by atoms with Gasteiger partial charge in [0, 0.05) is 46.3 Å². The molecule has 1 saturated heterocycles. The van der Waals surface area contributed by atoms with Gasteiger partial charge in [-0.25, -0.2) is 4.79 Å². The first-order chi connectivity index (χ1) is 21.7. The number of nitrogens with one attached hydrogen (secondary N) is 2. The topological polar surface area (TPSA) is 97.0 Å². The summed E-state index contributed by atoms with van der Waals surface area (Å²) in [7, 11) is -1.30. The first kappa shape index (κ1) is 33.7. The molecule has 3 fully saturated rings. The van der Waals surface area contributed by atoms with Crippen LogP contribution < -0.4 is 26.4 Å². The molecule has 2 aromatic rings. The third-order valence-corrected chi connectivity index (χ3v) is 11.7. The molecule has 5 rings (SSSR count). The van der Waals surface area contributed by atoms with Gasteiger partial charge in [-0.3, -0.25) is 9.59 Å². The van der Waals surface area contributed by atoms with Gasteiger partial charge in [0.15, 0.2) is 0 Å². The summed E-state index contributed by atoms with van der Waals surface area (Å²) < 4.78 is 12.0. The van der Waals surface area contributed by atoms with E-state index in [2.05, 4.69) is 59.4 Å². The Kier molecular flexibility index (Phi) is 11.8. The Morgan fingerprint density at radius 1 is 0.933 bits per heavy atom. The number of alkyl carbamates (subject to hydrolysis) is 1. The largest absolute Gasteiger partial charge is 0.450 e. The summed E-state index contributed by atoms with van der Waals surface area (Å²) in [6, 6.07) is 11.2. The van der Waals surface area contributed by atoms with Crippen molar-refractivity contribution in [1.29, 1.82) is 0 Å². The lowest BCUT2D eigenvalue weighted by atomic mass is 9.84. The van der Waals surface area contributed by atoms with Gasteiger partial charge < -0.3 is 25.0 Å². The molecular formula is C36H55N3O5Si. The van der Waals surface area contributed by atoms with E-state index in [1.54, 1.807) is 0 Å². The molecule has 2 aliphatic carbocycles. The van der Waals surface area contributed by atoms with Gasteiger partial charge in [-0.15, -0.1) is 0 Å². The van der Waals surface area contributed by atoms with Crippen molar-refractivity contribution in [2.75, 3.05) is 43.1 Å². The Hall–Kier alpha value is -2.65. The Balaban J connectivity index is 1.26. The van der Waals surface area contributed by atoms with Crippen LogP contribution in [0.2, 0.25) is 25.7 Å². The zero-order valence-electron chi connectivity index (χ0n) is 27.8.